The number of hydrogen-bond donors (Lipinski definition) is 0. The van der Waals surface area contributed by atoms with Gasteiger partial charge in [-0.2, -0.15) is 0 Å². The summed E-state index contributed by atoms with van der Waals surface area (Å²) in [6.07, 6.45) is 0. The zero-order chi connectivity index (χ0) is 42.6. The van der Waals surface area contributed by atoms with E-state index in [1.165, 1.54) is 94.6 Å². The van der Waals surface area contributed by atoms with E-state index in [4.69, 9.17) is 0 Å². The summed E-state index contributed by atoms with van der Waals surface area (Å²) in [6, 6.07) is 85.7. The third-order valence-corrected chi connectivity index (χ3v) is 14.4. The predicted octanol–water partition coefficient (Wildman–Crippen LogP) is 16.4. The van der Waals surface area contributed by atoms with E-state index in [0.717, 1.165) is 17.1 Å². The number of para-hydroxylation sites is 3. The van der Waals surface area contributed by atoms with Gasteiger partial charge >= 0.3 is 0 Å². The Morgan fingerprint density at radius 2 is 0.734 bits per heavy atom. The van der Waals surface area contributed by atoms with E-state index in [2.05, 4.69) is 254 Å². The summed E-state index contributed by atoms with van der Waals surface area (Å²) in [5.41, 5.74) is 21.9. The van der Waals surface area contributed by atoms with Gasteiger partial charge < -0.3 is 9.80 Å². The lowest BCUT2D eigenvalue weighted by Gasteiger charge is -2.33. The van der Waals surface area contributed by atoms with Gasteiger partial charge in [-0.05, 0) is 110 Å². The molecular weight excluding hydrogens is 773 g/mol. The van der Waals surface area contributed by atoms with E-state index in [1.807, 2.05) is 0 Å². The van der Waals surface area contributed by atoms with Crippen LogP contribution in [0.15, 0.2) is 231 Å². The predicted molar refractivity (Wildman–Crippen MR) is 267 cm³/mol. The van der Waals surface area contributed by atoms with E-state index in [0.29, 0.717) is 0 Å². The molecular formula is C62H44N2. The van der Waals surface area contributed by atoms with Gasteiger partial charge in [0.2, 0.25) is 0 Å². The van der Waals surface area contributed by atoms with Gasteiger partial charge in [0.05, 0.1) is 22.5 Å². The molecule has 2 heteroatoms. The van der Waals surface area contributed by atoms with Crippen molar-refractivity contribution in [3.05, 3.63) is 264 Å². The van der Waals surface area contributed by atoms with Crippen molar-refractivity contribution in [2.24, 2.45) is 0 Å². The summed E-state index contributed by atoms with van der Waals surface area (Å²) >= 11 is 0. The highest BCUT2D eigenvalue weighted by molar-refractivity contribution is 6.13. The van der Waals surface area contributed by atoms with Crippen LogP contribution in [0.1, 0.15) is 47.2 Å². The fourth-order valence-electron chi connectivity index (χ4n) is 11.8. The fourth-order valence-corrected chi connectivity index (χ4v) is 11.8. The van der Waals surface area contributed by atoms with E-state index in [9.17, 15) is 0 Å². The minimum atomic E-state index is -0.596. The van der Waals surface area contributed by atoms with Gasteiger partial charge in [0.15, 0.2) is 0 Å². The van der Waals surface area contributed by atoms with Crippen molar-refractivity contribution >= 4 is 44.9 Å². The Kier molecular flexibility index (Phi) is 7.90. The summed E-state index contributed by atoms with van der Waals surface area (Å²) in [6.45, 7) is 4.75. The molecule has 1 unspecified atom stereocenters. The molecule has 0 amide bonds. The van der Waals surface area contributed by atoms with Crippen molar-refractivity contribution in [3.63, 3.8) is 0 Å². The largest absolute Gasteiger partial charge is 0.309 e. The number of anilines is 6. The molecule has 0 aliphatic heterocycles. The van der Waals surface area contributed by atoms with Gasteiger partial charge in [-0.25, -0.2) is 0 Å². The smallest absolute Gasteiger partial charge is 0.0727 e. The first-order chi connectivity index (χ1) is 31.6. The second-order valence-corrected chi connectivity index (χ2v) is 18.0. The lowest BCUT2D eigenvalue weighted by Crippen LogP contribution is -2.26. The van der Waals surface area contributed by atoms with Crippen molar-refractivity contribution < 1.29 is 0 Å². The van der Waals surface area contributed by atoms with Crippen LogP contribution in [0.2, 0.25) is 0 Å². The second-order valence-electron chi connectivity index (χ2n) is 18.0. The first-order valence-corrected chi connectivity index (χ1v) is 22.4. The molecule has 0 saturated carbocycles. The van der Waals surface area contributed by atoms with Crippen LogP contribution in [-0.4, -0.2) is 0 Å². The fraction of sp³-hybridized carbons (Fsp3) is 0.0645. The normalized spacial score (nSPS) is 15.5. The van der Waals surface area contributed by atoms with Crippen molar-refractivity contribution in [2.75, 3.05) is 9.80 Å². The van der Waals surface area contributed by atoms with Gasteiger partial charge in [-0.15, -0.1) is 0 Å². The molecule has 0 heterocycles. The first-order valence-electron chi connectivity index (χ1n) is 22.4. The monoisotopic (exact) mass is 816 g/mol. The first kappa shape index (κ1) is 36.7. The van der Waals surface area contributed by atoms with E-state index < -0.39 is 5.41 Å². The van der Waals surface area contributed by atoms with Crippen LogP contribution in [0.5, 0.6) is 0 Å². The topological polar surface area (TPSA) is 6.48 Å². The molecule has 64 heavy (non-hydrogen) atoms. The van der Waals surface area contributed by atoms with Crippen LogP contribution in [0.4, 0.5) is 34.1 Å². The maximum atomic E-state index is 2.55. The summed E-state index contributed by atoms with van der Waals surface area (Å²) in [7, 11) is 0. The van der Waals surface area contributed by atoms with Crippen LogP contribution >= 0.6 is 0 Å². The van der Waals surface area contributed by atoms with Gasteiger partial charge in [0.1, 0.15) is 0 Å². The van der Waals surface area contributed by atoms with Crippen molar-refractivity contribution in [3.8, 4) is 33.4 Å². The maximum absolute atomic E-state index is 2.55. The highest BCUT2D eigenvalue weighted by Gasteiger charge is 2.54. The number of benzene rings is 10. The molecule has 10 aromatic carbocycles. The molecule has 0 aromatic heterocycles. The molecule has 3 aliphatic rings. The Labute approximate surface area is 375 Å². The Hall–Kier alpha value is -7.94. The molecule has 2 nitrogen and oxygen atoms in total. The van der Waals surface area contributed by atoms with Crippen molar-refractivity contribution in [2.45, 2.75) is 24.7 Å². The number of rotatable bonds is 6. The van der Waals surface area contributed by atoms with Crippen molar-refractivity contribution in [1.29, 1.82) is 0 Å². The molecule has 0 fully saturated rings. The minimum absolute atomic E-state index is 0.134. The van der Waals surface area contributed by atoms with Crippen LogP contribution in [-0.2, 0) is 10.8 Å². The number of nitrogens with zero attached hydrogens (tertiary/aromatic N) is 2. The van der Waals surface area contributed by atoms with Gasteiger partial charge in [0, 0.05) is 44.6 Å². The molecule has 0 bridgehead atoms. The molecule has 0 N–H and O–H groups in total. The quantitative estimate of drug-likeness (QED) is 0.165. The average Bonchev–Trinajstić information content (AvgIpc) is 3.91. The maximum Gasteiger partial charge on any atom is 0.0727 e. The summed E-state index contributed by atoms with van der Waals surface area (Å²) in [4.78, 5) is 5.04. The third-order valence-electron chi connectivity index (χ3n) is 14.4. The summed E-state index contributed by atoms with van der Waals surface area (Å²) in [5.74, 6) is 0. The molecule has 1 spiro atoms. The molecule has 1 atom stereocenters. The molecule has 10 aromatic rings. The standard InChI is InChI=1S/C62H44N2/c1-61(2)49-33-17-14-30-46(49)57-52(61)36-20-38-55(57)64(44-27-10-5-11-28-44)56-39-21-37-53-58(56)47-31-15-18-34-50(47)62(53)51-35-19-16-32-48(51)59-54(62)40-41-22-12-13-29-45(41)60(59)63(42-23-6-3-7-24-42)43-25-8-4-9-26-43/h3-40H,1-2H3. The lowest BCUT2D eigenvalue weighted by molar-refractivity contribution is 0.660. The second kappa shape index (κ2) is 13.8. The molecule has 3 aliphatic carbocycles. The van der Waals surface area contributed by atoms with Crippen LogP contribution in [0.3, 0.4) is 0 Å². The van der Waals surface area contributed by atoms with E-state index >= 15 is 0 Å². The molecule has 13 rings (SSSR count). The molecule has 0 radical (unpaired) electrons. The minimum Gasteiger partial charge on any atom is -0.309 e. The van der Waals surface area contributed by atoms with Gasteiger partial charge in [-0.3, -0.25) is 0 Å². The van der Waals surface area contributed by atoms with E-state index in [-0.39, 0.29) is 5.41 Å². The highest BCUT2D eigenvalue weighted by atomic mass is 15.2. The Bertz CT molecular complexity index is 3440. The lowest BCUT2D eigenvalue weighted by atomic mass is 9.70. The highest BCUT2D eigenvalue weighted by Crippen LogP contribution is 2.67. The van der Waals surface area contributed by atoms with Crippen LogP contribution in [0, 0.1) is 0 Å². The van der Waals surface area contributed by atoms with Gasteiger partial charge in [-0.1, -0.05) is 190 Å². The number of hydrogen-bond acceptors (Lipinski definition) is 2. The average molecular weight is 817 g/mol. The Morgan fingerprint density at radius 3 is 1.33 bits per heavy atom. The Balaban J connectivity index is 1.15. The summed E-state index contributed by atoms with van der Waals surface area (Å²) < 4.78 is 0. The molecule has 302 valence electrons. The van der Waals surface area contributed by atoms with Gasteiger partial charge in [0.25, 0.3) is 0 Å². The Morgan fingerprint density at radius 1 is 0.312 bits per heavy atom. The summed E-state index contributed by atoms with van der Waals surface area (Å²) in [5, 5.41) is 2.44. The number of fused-ring (bicyclic) bond motifs is 14. The van der Waals surface area contributed by atoms with Crippen LogP contribution in [0.25, 0.3) is 44.2 Å². The SMILES string of the molecule is CC1(C)c2ccccc2-c2c(N(c3ccccc3)c3cccc4c3-c3ccccc3C43c4ccccc4-c4c3cc3ccccc3c4N(c3ccccc3)c3ccccc3)cccc21. The van der Waals surface area contributed by atoms with Crippen molar-refractivity contribution in [1.82, 2.24) is 0 Å². The zero-order valence-corrected chi connectivity index (χ0v) is 35.8. The third kappa shape index (κ3) is 4.91. The van der Waals surface area contributed by atoms with E-state index in [1.54, 1.807) is 0 Å². The molecule has 0 saturated heterocycles. The van der Waals surface area contributed by atoms with Crippen LogP contribution < -0.4 is 9.80 Å². The zero-order valence-electron chi connectivity index (χ0n) is 35.8.